The van der Waals surface area contributed by atoms with Gasteiger partial charge in [-0.05, 0) is 27.2 Å². The molecule has 1 aromatic rings. The predicted molar refractivity (Wildman–Crippen MR) is 83.6 cm³/mol. The highest BCUT2D eigenvalue weighted by Gasteiger charge is 2.28. The Balaban J connectivity index is 1.97. The van der Waals surface area contributed by atoms with E-state index in [2.05, 4.69) is 15.2 Å². The Labute approximate surface area is 129 Å². The van der Waals surface area contributed by atoms with Crippen molar-refractivity contribution in [2.45, 2.75) is 38.8 Å². The normalized spacial score (nSPS) is 18.7. The minimum atomic E-state index is -0.499. The number of hydrogen-bond acceptors (Lipinski definition) is 5. The minimum Gasteiger partial charge on any atom is -0.444 e. The lowest BCUT2D eigenvalue weighted by Gasteiger charge is -2.23. The number of rotatable bonds is 2. The SMILES string of the molecule is CC(C)(C)OC(=O)N[C@@H]1CCN(c2c(N)cncc2Cl)C1. The minimum absolute atomic E-state index is 0.0171. The van der Waals surface area contributed by atoms with Crippen LogP contribution >= 0.6 is 11.6 Å². The van der Waals surface area contributed by atoms with E-state index in [1.165, 1.54) is 0 Å². The molecule has 1 saturated heterocycles. The first kappa shape index (κ1) is 15.7. The van der Waals surface area contributed by atoms with Crippen molar-refractivity contribution in [3.8, 4) is 0 Å². The molecule has 0 bridgehead atoms. The van der Waals surface area contributed by atoms with Crippen LogP contribution in [-0.2, 0) is 4.74 Å². The first-order valence-electron chi connectivity index (χ1n) is 6.90. The van der Waals surface area contributed by atoms with Gasteiger partial charge < -0.3 is 20.7 Å². The van der Waals surface area contributed by atoms with E-state index in [4.69, 9.17) is 22.1 Å². The van der Waals surface area contributed by atoms with Crippen molar-refractivity contribution >= 4 is 29.1 Å². The van der Waals surface area contributed by atoms with Crippen molar-refractivity contribution in [1.82, 2.24) is 10.3 Å². The van der Waals surface area contributed by atoms with Gasteiger partial charge in [0.05, 0.1) is 28.6 Å². The van der Waals surface area contributed by atoms with Crippen LogP contribution in [0.5, 0.6) is 0 Å². The van der Waals surface area contributed by atoms with Crippen molar-refractivity contribution in [2.24, 2.45) is 0 Å². The van der Waals surface area contributed by atoms with Crippen molar-refractivity contribution in [3.05, 3.63) is 17.4 Å². The molecule has 1 aliphatic heterocycles. The van der Waals surface area contributed by atoms with Crippen molar-refractivity contribution in [2.75, 3.05) is 23.7 Å². The number of nitrogens with zero attached hydrogens (tertiary/aromatic N) is 2. The summed E-state index contributed by atoms with van der Waals surface area (Å²) in [5.74, 6) is 0. The van der Waals surface area contributed by atoms with E-state index in [1.807, 2.05) is 20.8 Å². The molecule has 0 unspecified atom stereocenters. The molecule has 1 aliphatic rings. The number of amides is 1. The van der Waals surface area contributed by atoms with Crippen LogP contribution in [0.15, 0.2) is 12.4 Å². The molecule has 0 saturated carbocycles. The molecule has 2 rings (SSSR count). The lowest BCUT2D eigenvalue weighted by atomic mass is 10.2. The van der Waals surface area contributed by atoms with Gasteiger partial charge in [-0.2, -0.15) is 0 Å². The summed E-state index contributed by atoms with van der Waals surface area (Å²) in [5.41, 5.74) is 6.75. The molecule has 1 aromatic heterocycles. The topological polar surface area (TPSA) is 80.5 Å². The van der Waals surface area contributed by atoms with E-state index in [0.29, 0.717) is 17.3 Å². The highest BCUT2D eigenvalue weighted by Crippen LogP contribution is 2.33. The first-order valence-corrected chi connectivity index (χ1v) is 7.27. The van der Waals surface area contributed by atoms with E-state index in [0.717, 1.165) is 18.7 Å². The molecule has 7 heteroatoms. The number of carbonyl (C=O) groups is 1. The van der Waals surface area contributed by atoms with Gasteiger partial charge in [0.1, 0.15) is 5.60 Å². The summed E-state index contributed by atoms with van der Waals surface area (Å²) in [7, 11) is 0. The van der Waals surface area contributed by atoms with E-state index in [9.17, 15) is 4.79 Å². The standard InChI is InChI=1S/C14H21ClN4O2/c1-14(2,3)21-13(20)18-9-4-5-19(8-9)12-10(15)6-17-7-11(12)16/h6-7,9H,4-5,8,16H2,1-3H3,(H,18,20)/t9-/m1/s1. The molecular weight excluding hydrogens is 292 g/mol. The van der Waals surface area contributed by atoms with Gasteiger partial charge in [0.2, 0.25) is 0 Å². The Morgan fingerprint density at radius 1 is 1.52 bits per heavy atom. The second-order valence-electron chi connectivity index (χ2n) is 6.14. The van der Waals surface area contributed by atoms with Gasteiger partial charge in [-0.3, -0.25) is 4.98 Å². The van der Waals surface area contributed by atoms with Gasteiger partial charge in [-0.1, -0.05) is 11.6 Å². The fourth-order valence-electron chi connectivity index (χ4n) is 2.33. The van der Waals surface area contributed by atoms with Gasteiger partial charge >= 0.3 is 6.09 Å². The van der Waals surface area contributed by atoms with Crippen LogP contribution < -0.4 is 16.0 Å². The second kappa shape index (κ2) is 5.97. The van der Waals surface area contributed by atoms with Crippen LogP contribution in [0, 0.1) is 0 Å². The van der Waals surface area contributed by atoms with Crippen molar-refractivity contribution in [1.29, 1.82) is 0 Å². The number of halogens is 1. The Morgan fingerprint density at radius 3 is 2.86 bits per heavy atom. The number of nitrogen functional groups attached to an aromatic ring is 1. The Bertz CT molecular complexity index is 510. The highest BCUT2D eigenvalue weighted by atomic mass is 35.5. The molecule has 1 amide bonds. The summed E-state index contributed by atoms with van der Waals surface area (Å²) in [5, 5.41) is 3.39. The maximum Gasteiger partial charge on any atom is 0.407 e. The molecule has 3 N–H and O–H groups in total. The largest absolute Gasteiger partial charge is 0.444 e. The lowest BCUT2D eigenvalue weighted by molar-refractivity contribution is 0.0509. The summed E-state index contributed by atoms with van der Waals surface area (Å²) < 4.78 is 5.26. The Morgan fingerprint density at radius 2 is 2.24 bits per heavy atom. The van der Waals surface area contributed by atoms with E-state index in [-0.39, 0.29) is 6.04 Å². The maximum absolute atomic E-state index is 11.8. The summed E-state index contributed by atoms with van der Waals surface area (Å²) in [6, 6.07) is 0.0171. The Kier molecular flexibility index (Phi) is 4.46. The smallest absolute Gasteiger partial charge is 0.407 e. The van der Waals surface area contributed by atoms with Gasteiger partial charge in [0.25, 0.3) is 0 Å². The fourth-order valence-corrected chi connectivity index (χ4v) is 2.62. The van der Waals surface area contributed by atoms with Crippen LogP contribution in [0.2, 0.25) is 5.02 Å². The van der Waals surface area contributed by atoms with Crippen LogP contribution in [-0.4, -0.2) is 35.8 Å². The third-order valence-corrected chi connectivity index (χ3v) is 3.40. The van der Waals surface area contributed by atoms with Gasteiger partial charge in [0.15, 0.2) is 0 Å². The summed E-state index contributed by atoms with van der Waals surface area (Å²) in [4.78, 5) is 17.8. The molecule has 1 atom stereocenters. The molecule has 0 radical (unpaired) electrons. The van der Waals surface area contributed by atoms with Crippen molar-refractivity contribution < 1.29 is 9.53 Å². The molecule has 0 spiro atoms. The van der Waals surface area contributed by atoms with E-state index >= 15 is 0 Å². The molecule has 116 valence electrons. The van der Waals surface area contributed by atoms with Gasteiger partial charge in [-0.15, -0.1) is 0 Å². The number of hydrogen-bond donors (Lipinski definition) is 2. The molecule has 1 fully saturated rings. The molecule has 2 heterocycles. The third-order valence-electron chi connectivity index (χ3n) is 3.13. The summed E-state index contributed by atoms with van der Waals surface area (Å²) in [6.07, 6.45) is 3.57. The Hall–Kier alpha value is -1.69. The zero-order valence-electron chi connectivity index (χ0n) is 12.5. The number of carbonyl (C=O) groups excluding carboxylic acids is 1. The molecule has 6 nitrogen and oxygen atoms in total. The predicted octanol–water partition coefficient (Wildman–Crippen LogP) is 2.42. The zero-order valence-corrected chi connectivity index (χ0v) is 13.3. The number of pyridine rings is 1. The van der Waals surface area contributed by atoms with Gasteiger partial charge in [-0.25, -0.2) is 4.79 Å². The van der Waals surface area contributed by atoms with Crippen LogP contribution in [0.3, 0.4) is 0 Å². The summed E-state index contributed by atoms with van der Waals surface area (Å²) >= 11 is 6.15. The van der Waals surface area contributed by atoms with Crippen molar-refractivity contribution in [3.63, 3.8) is 0 Å². The third kappa shape index (κ3) is 4.14. The zero-order chi connectivity index (χ0) is 15.6. The number of aromatic nitrogens is 1. The number of anilines is 2. The quantitative estimate of drug-likeness (QED) is 0.876. The van der Waals surface area contributed by atoms with Crippen LogP contribution in [0.25, 0.3) is 0 Å². The molecule has 21 heavy (non-hydrogen) atoms. The van der Waals surface area contributed by atoms with Crippen LogP contribution in [0.1, 0.15) is 27.2 Å². The monoisotopic (exact) mass is 312 g/mol. The fraction of sp³-hybridized carbons (Fsp3) is 0.571. The number of alkyl carbamates (subject to hydrolysis) is 1. The molecular formula is C14H21ClN4O2. The number of nitrogens with two attached hydrogens (primary N) is 1. The van der Waals surface area contributed by atoms with Gasteiger partial charge in [0, 0.05) is 19.3 Å². The second-order valence-corrected chi connectivity index (χ2v) is 6.54. The maximum atomic E-state index is 11.8. The average molecular weight is 313 g/mol. The van der Waals surface area contributed by atoms with E-state index in [1.54, 1.807) is 12.4 Å². The first-order chi connectivity index (χ1) is 9.76. The average Bonchev–Trinajstić information content (AvgIpc) is 2.74. The lowest BCUT2D eigenvalue weighted by Crippen LogP contribution is -2.40. The number of nitrogens with one attached hydrogen (secondary N) is 1. The van der Waals surface area contributed by atoms with Crippen LogP contribution in [0.4, 0.5) is 16.2 Å². The van der Waals surface area contributed by atoms with E-state index < -0.39 is 11.7 Å². The number of ether oxygens (including phenoxy) is 1. The molecule has 0 aliphatic carbocycles. The summed E-state index contributed by atoms with van der Waals surface area (Å²) in [6.45, 7) is 6.93. The molecule has 0 aromatic carbocycles. The highest BCUT2D eigenvalue weighted by molar-refractivity contribution is 6.33.